The average molecular weight is 468 g/mol. The van der Waals surface area contributed by atoms with Crippen LogP contribution in [0.25, 0.3) is 0 Å². The number of hydrogen-bond donors (Lipinski definition) is 4. The number of carbonyl (C=O) groups excluding carboxylic acids is 3. The second-order valence-electron chi connectivity index (χ2n) is 10.9. The van der Waals surface area contributed by atoms with Gasteiger partial charge >= 0.3 is 0 Å². The summed E-state index contributed by atoms with van der Waals surface area (Å²) in [4.78, 5) is 38.5. The maximum Gasteiger partial charge on any atom is 0.243 e. The lowest BCUT2D eigenvalue weighted by Crippen LogP contribution is -2.59. The lowest BCUT2D eigenvalue weighted by Gasteiger charge is -2.31. The SMILES string of the molecule is CCCCCCC(O)[C@H](CC(C)C)NC(=O)[C@@H](NC(=O)[C@@H](NC(=O)C1CC1)C(C)C)C(C)C. The molecule has 33 heavy (non-hydrogen) atoms. The quantitative estimate of drug-likeness (QED) is 0.260. The van der Waals surface area contributed by atoms with Gasteiger partial charge in [0.05, 0.1) is 12.1 Å². The van der Waals surface area contributed by atoms with Gasteiger partial charge in [0.25, 0.3) is 0 Å². The highest BCUT2D eigenvalue weighted by molar-refractivity contribution is 5.93. The molecule has 0 spiro atoms. The molecule has 1 aliphatic carbocycles. The third kappa shape index (κ3) is 10.9. The van der Waals surface area contributed by atoms with Crippen LogP contribution >= 0.6 is 0 Å². The van der Waals surface area contributed by atoms with Crippen LogP contribution in [-0.2, 0) is 14.4 Å². The first kappa shape index (κ1) is 29.4. The van der Waals surface area contributed by atoms with Gasteiger partial charge in [0, 0.05) is 5.92 Å². The van der Waals surface area contributed by atoms with Crippen molar-refractivity contribution in [1.82, 2.24) is 16.0 Å². The number of aliphatic hydroxyl groups is 1. The molecule has 1 fully saturated rings. The molecule has 1 saturated carbocycles. The molecule has 0 radical (unpaired) electrons. The van der Waals surface area contributed by atoms with Gasteiger partial charge in [-0.3, -0.25) is 14.4 Å². The van der Waals surface area contributed by atoms with Crippen LogP contribution in [0, 0.1) is 23.7 Å². The molecule has 0 saturated heterocycles. The van der Waals surface area contributed by atoms with E-state index in [0.29, 0.717) is 18.8 Å². The van der Waals surface area contributed by atoms with Gasteiger partial charge in [-0.2, -0.15) is 0 Å². The largest absolute Gasteiger partial charge is 0.391 e. The summed E-state index contributed by atoms with van der Waals surface area (Å²) in [6.07, 6.45) is 6.73. The first-order valence-corrected chi connectivity index (χ1v) is 13.1. The van der Waals surface area contributed by atoms with E-state index < -0.39 is 18.2 Å². The van der Waals surface area contributed by atoms with E-state index in [4.69, 9.17) is 0 Å². The van der Waals surface area contributed by atoms with E-state index in [1.54, 1.807) is 0 Å². The normalized spacial score (nSPS) is 17.5. The molecule has 0 aliphatic heterocycles. The van der Waals surface area contributed by atoms with E-state index in [2.05, 4.69) is 36.7 Å². The molecule has 0 aromatic rings. The number of rotatable bonds is 16. The van der Waals surface area contributed by atoms with Crippen molar-refractivity contribution in [1.29, 1.82) is 0 Å². The predicted octanol–water partition coefficient (Wildman–Crippen LogP) is 3.54. The van der Waals surface area contributed by atoms with Crippen molar-refractivity contribution in [3.63, 3.8) is 0 Å². The van der Waals surface area contributed by atoms with Gasteiger partial charge in [-0.05, 0) is 43.4 Å². The van der Waals surface area contributed by atoms with Crippen molar-refractivity contribution < 1.29 is 19.5 Å². The predicted molar refractivity (Wildman–Crippen MR) is 132 cm³/mol. The highest BCUT2D eigenvalue weighted by Crippen LogP contribution is 2.29. The van der Waals surface area contributed by atoms with E-state index in [1.807, 2.05) is 27.7 Å². The molecule has 0 heterocycles. The molecule has 3 amide bonds. The Morgan fingerprint density at radius 3 is 1.85 bits per heavy atom. The van der Waals surface area contributed by atoms with E-state index in [1.165, 1.54) is 0 Å². The monoisotopic (exact) mass is 467 g/mol. The molecule has 7 heteroatoms. The van der Waals surface area contributed by atoms with Crippen LogP contribution in [0.5, 0.6) is 0 Å². The van der Waals surface area contributed by atoms with Crippen molar-refractivity contribution in [2.45, 2.75) is 124 Å². The maximum atomic E-state index is 13.2. The molecule has 4 N–H and O–H groups in total. The van der Waals surface area contributed by atoms with Gasteiger partial charge in [-0.15, -0.1) is 0 Å². The van der Waals surface area contributed by atoms with Crippen molar-refractivity contribution in [3.05, 3.63) is 0 Å². The first-order valence-electron chi connectivity index (χ1n) is 13.1. The summed E-state index contributed by atoms with van der Waals surface area (Å²) in [5.41, 5.74) is 0. The zero-order valence-corrected chi connectivity index (χ0v) is 21.9. The van der Waals surface area contributed by atoms with Crippen LogP contribution in [0.1, 0.15) is 99.8 Å². The van der Waals surface area contributed by atoms with E-state index in [-0.39, 0.29) is 41.5 Å². The molecule has 192 valence electrons. The zero-order valence-electron chi connectivity index (χ0n) is 21.9. The van der Waals surface area contributed by atoms with Crippen molar-refractivity contribution in [2.24, 2.45) is 23.7 Å². The maximum absolute atomic E-state index is 13.2. The highest BCUT2D eigenvalue weighted by Gasteiger charge is 2.36. The Balaban J connectivity index is 2.81. The second-order valence-corrected chi connectivity index (χ2v) is 10.9. The van der Waals surface area contributed by atoms with Crippen LogP contribution < -0.4 is 16.0 Å². The second kappa shape index (κ2) is 14.6. The molecule has 4 atom stereocenters. The average Bonchev–Trinajstić information content (AvgIpc) is 3.56. The molecular weight excluding hydrogens is 418 g/mol. The third-order valence-electron chi connectivity index (χ3n) is 6.31. The Kier molecular flexibility index (Phi) is 13.0. The molecule has 1 unspecified atom stereocenters. The summed E-state index contributed by atoms with van der Waals surface area (Å²) in [7, 11) is 0. The summed E-state index contributed by atoms with van der Waals surface area (Å²) >= 11 is 0. The van der Waals surface area contributed by atoms with Gasteiger partial charge < -0.3 is 21.1 Å². The Hall–Kier alpha value is -1.63. The summed E-state index contributed by atoms with van der Waals surface area (Å²) < 4.78 is 0. The standard InChI is InChI=1S/C26H49N3O4/c1-8-9-10-11-12-21(30)20(15-16(2)3)27-25(32)22(17(4)5)29-26(33)23(18(6)7)28-24(31)19-13-14-19/h16-23,30H,8-15H2,1-7H3,(H,27,32)(H,28,31)(H,29,33)/t20-,21?,22-,23-/m0/s1. The van der Waals surface area contributed by atoms with Gasteiger partial charge in [0.15, 0.2) is 0 Å². The fraction of sp³-hybridized carbons (Fsp3) is 0.885. The highest BCUT2D eigenvalue weighted by atomic mass is 16.3. The third-order valence-corrected chi connectivity index (χ3v) is 6.31. The Labute approximate surface area is 201 Å². The lowest BCUT2D eigenvalue weighted by molar-refractivity contribution is -0.134. The Bertz CT molecular complexity index is 617. The summed E-state index contributed by atoms with van der Waals surface area (Å²) in [6.45, 7) is 13.8. The Morgan fingerprint density at radius 1 is 0.818 bits per heavy atom. The number of aliphatic hydroxyl groups excluding tert-OH is 1. The minimum Gasteiger partial charge on any atom is -0.391 e. The van der Waals surface area contributed by atoms with Crippen molar-refractivity contribution in [2.75, 3.05) is 0 Å². The van der Waals surface area contributed by atoms with E-state index in [9.17, 15) is 19.5 Å². The fourth-order valence-corrected chi connectivity index (χ4v) is 4.00. The number of unbranched alkanes of at least 4 members (excludes halogenated alkanes) is 3. The lowest BCUT2D eigenvalue weighted by atomic mass is 9.94. The smallest absolute Gasteiger partial charge is 0.243 e. The molecule has 7 nitrogen and oxygen atoms in total. The van der Waals surface area contributed by atoms with Gasteiger partial charge in [0.1, 0.15) is 12.1 Å². The molecule has 0 aromatic heterocycles. The Morgan fingerprint density at radius 2 is 1.36 bits per heavy atom. The molecular formula is C26H49N3O4. The number of carbonyl (C=O) groups is 3. The minimum absolute atomic E-state index is 0.0128. The van der Waals surface area contributed by atoms with E-state index in [0.717, 1.165) is 38.5 Å². The van der Waals surface area contributed by atoms with Crippen LogP contribution in [-0.4, -0.2) is 47.1 Å². The van der Waals surface area contributed by atoms with Gasteiger partial charge in [-0.25, -0.2) is 0 Å². The number of hydrogen-bond acceptors (Lipinski definition) is 4. The van der Waals surface area contributed by atoms with Crippen LogP contribution in [0.4, 0.5) is 0 Å². The topological polar surface area (TPSA) is 108 Å². The fourth-order valence-electron chi connectivity index (χ4n) is 4.00. The van der Waals surface area contributed by atoms with Gasteiger partial charge in [0.2, 0.25) is 17.7 Å². The van der Waals surface area contributed by atoms with E-state index >= 15 is 0 Å². The molecule has 0 aromatic carbocycles. The zero-order chi connectivity index (χ0) is 25.1. The molecule has 1 aliphatic rings. The van der Waals surface area contributed by atoms with Gasteiger partial charge in [-0.1, -0.05) is 74.1 Å². The molecule has 0 bridgehead atoms. The first-order chi connectivity index (χ1) is 15.5. The molecule has 1 rings (SSSR count). The van der Waals surface area contributed by atoms with Crippen molar-refractivity contribution >= 4 is 17.7 Å². The van der Waals surface area contributed by atoms with Crippen LogP contribution in [0.2, 0.25) is 0 Å². The van der Waals surface area contributed by atoms with Crippen LogP contribution in [0.3, 0.4) is 0 Å². The minimum atomic E-state index is -0.737. The van der Waals surface area contributed by atoms with Crippen LogP contribution in [0.15, 0.2) is 0 Å². The number of amides is 3. The summed E-state index contributed by atoms with van der Waals surface area (Å²) in [6, 6.07) is -1.77. The summed E-state index contributed by atoms with van der Waals surface area (Å²) in [5, 5.41) is 19.5. The summed E-state index contributed by atoms with van der Waals surface area (Å²) in [5.74, 6) is -0.613. The van der Waals surface area contributed by atoms with Crippen molar-refractivity contribution in [3.8, 4) is 0 Å². The number of nitrogens with one attached hydrogen (secondary N) is 3.